The predicted octanol–water partition coefficient (Wildman–Crippen LogP) is 5.69. The number of rotatable bonds is 5. The number of halogens is 4. The van der Waals surface area contributed by atoms with Gasteiger partial charge in [0, 0.05) is 12.7 Å². The summed E-state index contributed by atoms with van der Waals surface area (Å²) in [4.78, 5) is 25.4. The molecule has 0 saturated carbocycles. The first-order valence-corrected chi connectivity index (χ1v) is 10.7. The molecule has 0 unspecified atom stereocenters. The highest BCUT2D eigenvalue weighted by Gasteiger charge is 2.19. The van der Waals surface area contributed by atoms with E-state index in [0.29, 0.717) is 7.14 Å². The Balaban J connectivity index is 1.91. The number of methoxy groups -OCH3 is 1. The molecule has 154 valence electrons. The summed E-state index contributed by atoms with van der Waals surface area (Å²) in [5.74, 6) is -2.20. The maximum absolute atomic E-state index is 14.1. The minimum absolute atomic E-state index is 0.0286. The highest BCUT2D eigenvalue weighted by atomic mass is 127. The molecule has 0 aliphatic rings. The largest absolute Gasteiger partial charge is 0.496 e. The van der Waals surface area contributed by atoms with Crippen LogP contribution in [0.15, 0.2) is 54.6 Å². The second kappa shape index (κ2) is 9.69. The van der Waals surface area contributed by atoms with Crippen LogP contribution in [0.5, 0.6) is 5.75 Å². The smallest absolute Gasteiger partial charge is 0.259 e. The molecular formula is C21H14F2I2N2O3. The molecule has 3 aromatic carbocycles. The van der Waals surface area contributed by atoms with Crippen molar-refractivity contribution in [1.29, 1.82) is 0 Å². The van der Waals surface area contributed by atoms with Crippen LogP contribution in [-0.2, 0) is 0 Å². The number of hydrogen-bond donors (Lipinski definition) is 2. The lowest BCUT2D eigenvalue weighted by Gasteiger charge is -2.13. The van der Waals surface area contributed by atoms with Gasteiger partial charge in [0.25, 0.3) is 11.8 Å². The Bertz CT molecular complexity index is 1100. The lowest BCUT2D eigenvalue weighted by molar-refractivity contribution is 0.102. The molecule has 3 rings (SSSR count). The van der Waals surface area contributed by atoms with E-state index in [1.54, 1.807) is 12.1 Å². The normalized spacial score (nSPS) is 10.4. The quantitative estimate of drug-likeness (QED) is 0.355. The van der Waals surface area contributed by atoms with E-state index in [9.17, 15) is 18.4 Å². The predicted molar refractivity (Wildman–Crippen MR) is 127 cm³/mol. The number of anilines is 2. The van der Waals surface area contributed by atoms with Gasteiger partial charge in [0.15, 0.2) is 0 Å². The topological polar surface area (TPSA) is 67.4 Å². The Labute approximate surface area is 198 Å². The van der Waals surface area contributed by atoms with E-state index in [0.717, 1.165) is 0 Å². The van der Waals surface area contributed by atoms with Gasteiger partial charge in [-0.05, 0) is 87.6 Å². The molecule has 9 heteroatoms. The lowest BCUT2D eigenvalue weighted by Crippen LogP contribution is -2.18. The summed E-state index contributed by atoms with van der Waals surface area (Å²) >= 11 is 3.82. The van der Waals surface area contributed by atoms with E-state index in [4.69, 9.17) is 4.74 Å². The minimum atomic E-state index is -0.648. The van der Waals surface area contributed by atoms with Crippen molar-refractivity contribution in [2.24, 2.45) is 0 Å². The van der Waals surface area contributed by atoms with E-state index >= 15 is 0 Å². The summed E-state index contributed by atoms with van der Waals surface area (Å²) in [6, 6.07) is 13.0. The zero-order valence-corrected chi connectivity index (χ0v) is 19.7. The first-order valence-electron chi connectivity index (χ1n) is 8.50. The van der Waals surface area contributed by atoms with Crippen LogP contribution in [0.3, 0.4) is 0 Å². The van der Waals surface area contributed by atoms with Gasteiger partial charge >= 0.3 is 0 Å². The summed E-state index contributed by atoms with van der Waals surface area (Å²) in [7, 11) is 1.38. The molecule has 0 atom stereocenters. The molecule has 2 amide bonds. The number of para-hydroxylation sites is 2. The van der Waals surface area contributed by atoms with E-state index in [-0.39, 0.29) is 28.3 Å². The summed E-state index contributed by atoms with van der Waals surface area (Å²) in [6.45, 7) is 0. The Morgan fingerprint density at radius 2 is 1.37 bits per heavy atom. The standard InChI is InChI=1S/C21H14F2I2N2O3/c1-30-17-9-8-11(20(28)26-18-13(22)4-2-6-15(18)24)10-12(17)21(29)27-19-14(23)5-3-7-16(19)25/h2-10H,1H3,(H,26,28)(H,27,29). The molecule has 0 saturated heterocycles. The Morgan fingerprint density at radius 1 is 0.833 bits per heavy atom. The zero-order valence-electron chi connectivity index (χ0n) is 15.4. The van der Waals surface area contributed by atoms with Crippen LogP contribution in [0.2, 0.25) is 0 Å². The van der Waals surface area contributed by atoms with Gasteiger partial charge in [-0.15, -0.1) is 0 Å². The van der Waals surface area contributed by atoms with Crippen molar-refractivity contribution in [3.63, 3.8) is 0 Å². The van der Waals surface area contributed by atoms with Crippen molar-refractivity contribution in [2.75, 3.05) is 17.7 Å². The van der Waals surface area contributed by atoms with Crippen LogP contribution in [0.1, 0.15) is 20.7 Å². The molecule has 0 bridgehead atoms. The van der Waals surface area contributed by atoms with Gasteiger partial charge in [0.1, 0.15) is 17.4 Å². The van der Waals surface area contributed by atoms with Crippen LogP contribution in [0.4, 0.5) is 20.2 Å². The first-order chi connectivity index (χ1) is 14.3. The van der Waals surface area contributed by atoms with Crippen LogP contribution in [0, 0.1) is 18.8 Å². The zero-order chi connectivity index (χ0) is 21.8. The molecular weight excluding hydrogens is 620 g/mol. The third-order valence-corrected chi connectivity index (χ3v) is 5.91. The van der Waals surface area contributed by atoms with E-state index in [1.807, 2.05) is 45.2 Å². The fourth-order valence-electron chi connectivity index (χ4n) is 2.63. The Hall–Kier alpha value is -2.28. The third kappa shape index (κ3) is 4.89. The van der Waals surface area contributed by atoms with Gasteiger partial charge in [-0.2, -0.15) is 0 Å². The molecule has 2 N–H and O–H groups in total. The minimum Gasteiger partial charge on any atom is -0.496 e. The first kappa shape index (κ1) is 22.4. The average molecular weight is 634 g/mol. The second-order valence-corrected chi connectivity index (χ2v) is 8.34. The molecule has 0 heterocycles. The third-order valence-electron chi connectivity index (χ3n) is 4.11. The maximum atomic E-state index is 14.1. The van der Waals surface area contributed by atoms with Gasteiger partial charge in [0.2, 0.25) is 0 Å². The second-order valence-electron chi connectivity index (χ2n) is 6.02. The molecule has 0 aliphatic heterocycles. The summed E-state index contributed by atoms with van der Waals surface area (Å²) in [5.41, 5.74) is 0.224. The maximum Gasteiger partial charge on any atom is 0.259 e. The van der Waals surface area contributed by atoms with Crippen LogP contribution >= 0.6 is 45.2 Å². The van der Waals surface area contributed by atoms with Crippen LogP contribution < -0.4 is 15.4 Å². The van der Waals surface area contributed by atoms with Crippen molar-refractivity contribution in [3.8, 4) is 5.75 Å². The van der Waals surface area contributed by atoms with E-state index in [1.165, 1.54) is 49.6 Å². The van der Waals surface area contributed by atoms with Gasteiger partial charge in [-0.25, -0.2) is 8.78 Å². The fraction of sp³-hybridized carbons (Fsp3) is 0.0476. The highest BCUT2D eigenvalue weighted by molar-refractivity contribution is 14.1. The number of ether oxygens (including phenoxy) is 1. The fourth-order valence-corrected chi connectivity index (χ4v) is 3.83. The van der Waals surface area contributed by atoms with Gasteiger partial charge in [0.05, 0.1) is 24.0 Å². The van der Waals surface area contributed by atoms with Crippen molar-refractivity contribution >= 4 is 68.4 Å². The molecule has 0 aliphatic carbocycles. The van der Waals surface area contributed by atoms with Gasteiger partial charge in [-0.1, -0.05) is 12.1 Å². The summed E-state index contributed by atoms with van der Waals surface area (Å²) in [5, 5.41) is 5.02. The van der Waals surface area contributed by atoms with Gasteiger partial charge < -0.3 is 15.4 Å². The monoisotopic (exact) mass is 634 g/mol. The number of carbonyl (C=O) groups excluding carboxylic acids is 2. The number of carbonyl (C=O) groups is 2. The van der Waals surface area contributed by atoms with Gasteiger partial charge in [-0.3, -0.25) is 9.59 Å². The number of nitrogens with one attached hydrogen (secondary N) is 2. The molecule has 30 heavy (non-hydrogen) atoms. The highest BCUT2D eigenvalue weighted by Crippen LogP contribution is 2.27. The average Bonchev–Trinajstić information content (AvgIpc) is 2.72. The van der Waals surface area contributed by atoms with Crippen molar-refractivity contribution in [2.45, 2.75) is 0 Å². The van der Waals surface area contributed by atoms with E-state index in [2.05, 4.69) is 10.6 Å². The lowest BCUT2D eigenvalue weighted by atomic mass is 10.1. The van der Waals surface area contributed by atoms with Crippen molar-refractivity contribution in [3.05, 3.63) is 84.5 Å². The van der Waals surface area contributed by atoms with Crippen LogP contribution in [-0.4, -0.2) is 18.9 Å². The molecule has 5 nitrogen and oxygen atoms in total. The van der Waals surface area contributed by atoms with E-state index < -0.39 is 23.4 Å². The summed E-state index contributed by atoms with van der Waals surface area (Å²) in [6.07, 6.45) is 0. The Kier molecular flexibility index (Phi) is 7.23. The molecule has 0 aromatic heterocycles. The van der Waals surface area contributed by atoms with Crippen LogP contribution in [0.25, 0.3) is 0 Å². The molecule has 0 radical (unpaired) electrons. The van der Waals surface area contributed by atoms with Crippen molar-refractivity contribution in [1.82, 2.24) is 0 Å². The number of hydrogen-bond acceptors (Lipinski definition) is 3. The Morgan fingerprint density at radius 3 is 1.87 bits per heavy atom. The molecule has 3 aromatic rings. The number of benzene rings is 3. The molecule has 0 spiro atoms. The van der Waals surface area contributed by atoms with Crippen molar-refractivity contribution < 1.29 is 23.1 Å². The SMILES string of the molecule is COc1ccc(C(=O)Nc2c(F)cccc2I)cc1C(=O)Nc1c(F)cccc1I. The number of amides is 2. The molecule has 0 fully saturated rings. The summed E-state index contributed by atoms with van der Waals surface area (Å²) < 4.78 is 34.4.